The van der Waals surface area contributed by atoms with E-state index >= 15 is 5.21 Å². The van der Waals surface area contributed by atoms with Gasteiger partial charge >= 0.3 is 0 Å². The average Bonchev–Trinajstić information content (AvgIpc) is 2.75. The first-order chi connectivity index (χ1) is 41.6. The smallest absolute Gasteiger partial charge is 0.255 e. The van der Waals surface area contributed by atoms with Gasteiger partial charge in [-0.25, -0.2) is 0 Å². The molecular weight excluding hydrogens is 1060 g/mol. The van der Waals surface area contributed by atoms with Crippen molar-refractivity contribution in [1.29, 1.82) is 0 Å². The first-order valence-corrected chi connectivity index (χ1v) is 28.7. The predicted octanol–water partition coefficient (Wildman–Crippen LogP) is 12.1. The fourth-order valence-corrected chi connectivity index (χ4v) is 10.7. The molecule has 0 radical (unpaired) electrons. The zero-order chi connectivity index (χ0) is 57.0. The maximum atomic E-state index is 15.1. The molecule has 2 aliphatic rings. The van der Waals surface area contributed by atoms with Crippen molar-refractivity contribution in [2.45, 2.75) is 114 Å². The Morgan fingerprint density at radius 1 is 0.310 bits per heavy atom. The molecule has 0 saturated carbocycles. The molecule has 0 spiro atoms. The van der Waals surface area contributed by atoms with Crippen LogP contribution in [0, 0.1) is 5.21 Å². The first-order valence-electron chi connectivity index (χ1n) is 28.7. The van der Waals surface area contributed by atoms with Gasteiger partial charge in [0.15, 0.2) is 12.2 Å². The molecule has 10 atom stereocenters. The summed E-state index contributed by atoms with van der Waals surface area (Å²) in [5.74, 6) is 0. The third kappa shape index (κ3) is 15.7. The number of rotatable bonds is 28. The lowest BCUT2D eigenvalue weighted by Crippen LogP contribution is -2.60. The molecule has 0 N–H and O–H groups in total. The van der Waals surface area contributed by atoms with Gasteiger partial charge in [0.25, 0.3) is 5.69 Å². The highest BCUT2D eigenvalue weighted by atomic mass is 16.8. The van der Waals surface area contributed by atoms with Gasteiger partial charge in [-0.2, -0.15) is 0 Å². The maximum absolute atomic E-state index is 15.1. The molecule has 2 saturated heterocycles. The molecule has 0 aliphatic carbocycles. The van der Waals surface area contributed by atoms with Crippen LogP contribution in [0.4, 0.5) is 0 Å². The average molecular weight is 1130 g/mol. The molecule has 0 amide bonds. The summed E-state index contributed by atoms with van der Waals surface area (Å²) in [6.45, 7) is 1.74. The van der Waals surface area contributed by atoms with Crippen molar-refractivity contribution in [1.82, 2.24) is 5.16 Å². The van der Waals surface area contributed by atoms with E-state index in [1.807, 2.05) is 243 Å². The van der Waals surface area contributed by atoms with Gasteiger partial charge in [0.2, 0.25) is 5.69 Å². The zero-order valence-electron chi connectivity index (χ0n) is 46.7. The molecule has 14 heteroatoms. The number of ether oxygens (including phenoxy) is 10. The summed E-state index contributed by atoms with van der Waals surface area (Å²) in [6.07, 6.45) is -9.44. The monoisotopic (exact) mass is 1130 g/mol. The molecule has 0 unspecified atom stereocenters. The highest BCUT2D eigenvalue weighted by Crippen LogP contribution is 2.44. The number of hydrogen-bond acceptors (Lipinski definition) is 13. The van der Waals surface area contributed by atoms with Crippen LogP contribution in [-0.2, 0) is 100 Å². The lowest BCUT2D eigenvalue weighted by atomic mass is 9.88. The fraction of sp³-hybridized carbons (Fsp3) is 0.286. The Kier molecular flexibility index (Phi) is 20.9. The van der Waals surface area contributed by atoms with E-state index < -0.39 is 61.0 Å². The summed E-state index contributed by atoms with van der Waals surface area (Å²) in [4.78, 5) is 0.385. The molecule has 2 fully saturated rings. The van der Waals surface area contributed by atoms with Gasteiger partial charge in [-0.05, 0) is 49.4 Å². The van der Waals surface area contributed by atoms with Gasteiger partial charge in [0, 0.05) is 5.16 Å². The van der Waals surface area contributed by atoms with Crippen LogP contribution >= 0.6 is 0 Å². The van der Waals surface area contributed by atoms with E-state index in [-0.39, 0.29) is 77.5 Å². The summed E-state index contributed by atoms with van der Waals surface area (Å²) in [6, 6.07) is 79.3. The predicted molar refractivity (Wildman–Crippen MR) is 313 cm³/mol. The SMILES string of the molecule is [O-][n+]1onc([C@@H]2O[C@H](COCc3ccccc3)[C@@H](OCc3ccccc3)[C@H](OCc3ccccc3)[C@H]2OCc2ccccc2)c1[C@@H]1O[C@H](COCc2ccccc2)[C@@H](OCc2ccccc2)[C@H](OCc2ccccc2)[C@H]1OCc1ccccc1. The van der Waals surface area contributed by atoms with Gasteiger partial charge in [0.05, 0.1) is 66.1 Å². The van der Waals surface area contributed by atoms with Gasteiger partial charge in [-0.1, -0.05) is 243 Å². The minimum Gasteiger partial charge on any atom is -0.374 e. The first kappa shape index (κ1) is 58.1. The molecule has 8 aromatic carbocycles. The number of nitrogens with zero attached hydrogens (tertiary/aromatic N) is 2. The van der Waals surface area contributed by atoms with Crippen molar-refractivity contribution in [2.24, 2.45) is 0 Å². The van der Waals surface area contributed by atoms with Crippen LogP contribution in [0.15, 0.2) is 247 Å². The summed E-state index contributed by atoms with van der Waals surface area (Å²) in [5.41, 5.74) is 7.58. The summed E-state index contributed by atoms with van der Waals surface area (Å²) < 4.78 is 76.2. The van der Waals surface area contributed by atoms with Gasteiger partial charge < -0.3 is 52.6 Å². The minimum atomic E-state index is -1.24. The Labute approximate surface area is 490 Å². The summed E-state index contributed by atoms with van der Waals surface area (Å²) >= 11 is 0. The zero-order valence-corrected chi connectivity index (χ0v) is 46.7. The van der Waals surface area contributed by atoms with Crippen molar-refractivity contribution >= 4 is 0 Å². The molecule has 432 valence electrons. The van der Waals surface area contributed by atoms with E-state index in [4.69, 9.17) is 52.0 Å². The third-order valence-electron chi connectivity index (χ3n) is 15.0. The topological polar surface area (TPSA) is 145 Å². The number of benzene rings is 8. The quantitative estimate of drug-likeness (QED) is 0.0429. The van der Waals surface area contributed by atoms with E-state index in [0.29, 0.717) is 4.90 Å². The molecule has 11 rings (SSSR count). The van der Waals surface area contributed by atoms with Crippen molar-refractivity contribution in [2.75, 3.05) is 13.2 Å². The van der Waals surface area contributed by atoms with E-state index in [9.17, 15) is 0 Å². The minimum absolute atomic E-state index is 0.0105. The second-order valence-electron chi connectivity index (χ2n) is 21.0. The van der Waals surface area contributed by atoms with Crippen LogP contribution < -0.4 is 4.90 Å². The highest BCUT2D eigenvalue weighted by molar-refractivity contribution is 5.23. The molecular formula is C70H70N2O12. The Morgan fingerprint density at radius 2 is 0.560 bits per heavy atom. The Balaban J connectivity index is 1.03. The van der Waals surface area contributed by atoms with Crippen LogP contribution in [0.3, 0.4) is 0 Å². The van der Waals surface area contributed by atoms with Crippen LogP contribution in [0.5, 0.6) is 0 Å². The fourth-order valence-electron chi connectivity index (χ4n) is 10.7. The van der Waals surface area contributed by atoms with E-state index in [1.165, 1.54) is 0 Å². The van der Waals surface area contributed by atoms with Crippen molar-refractivity contribution in [3.05, 3.63) is 304 Å². The third-order valence-corrected chi connectivity index (χ3v) is 15.0. The molecule has 84 heavy (non-hydrogen) atoms. The molecule has 2 aliphatic heterocycles. The van der Waals surface area contributed by atoms with E-state index in [2.05, 4.69) is 5.16 Å². The summed E-state index contributed by atoms with van der Waals surface area (Å²) in [5, 5.41) is 19.7. The van der Waals surface area contributed by atoms with Crippen LogP contribution in [0.2, 0.25) is 0 Å². The van der Waals surface area contributed by atoms with Crippen LogP contribution in [0.1, 0.15) is 68.1 Å². The normalized spacial score (nSPS) is 22.4. The number of hydrogen-bond donors (Lipinski definition) is 0. The second-order valence-corrected chi connectivity index (χ2v) is 21.0. The molecule has 9 aromatic rings. The molecule has 14 nitrogen and oxygen atoms in total. The standard InChI is InChI=1S/C70H70N2O12/c73-72-62(66-70(81-48-58-39-23-8-24-40-58)68(79-46-56-35-19-6-20-36-56)64(77-44-54-31-15-4-16-32-54)60(83-66)50-75-42-52-27-11-2-12-28-52)61(71-84-72)65-69(80-47-57-37-21-7-22-38-57)67(78-45-55-33-17-5-18-34-55)63(76-43-53-29-13-3-14-30-53)59(82-65)49-74-41-51-25-9-1-10-26-51/h1-40,59-60,63-70H,41-50H2/t59-,60-,63-,64-,65+,66+,67+,68+,69+,70+/m1/s1. The van der Waals surface area contributed by atoms with Crippen molar-refractivity contribution in [3.8, 4) is 0 Å². The molecule has 3 heterocycles. The van der Waals surface area contributed by atoms with Gasteiger partial charge in [-0.3, -0.25) is 4.63 Å². The lowest BCUT2D eigenvalue weighted by Gasteiger charge is -2.46. The summed E-state index contributed by atoms with van der Waals surface area (Å²) in [7, 11) is 0. The number of aromatic nitrogens is 2. The second kappa shape index (κ2) is 30.2. The Bertz CT molecular complexity index is 3280. The molecule has 1 aromatic heterocycles. The van der Waals surface area contributed by atoms with E-state index in [1.54, 1.807) is 0 Å². The highest BCUT2D eigenvalue weighted by Gasteiger charge is 2.57. The van der Waals surface area contributed by atoms with Crippen LogP contribution in [0.25, 0.3) is 0 Å². The van der Waals surface area contributed by atoms with Crippen molar-refractivity contribution in [3.63, 3.8) is 0 Å². The molecule has 0 bridgehead atoms. The maximum Gasteiger partial charge on any atom is 0.255 e. The van der Waals surface area contributed by atoms with E-state index in [0.717, 1.165) is 44.5 Å². The Hall–Kier alpha value is -7.70. The van der Waals surface area contributed by atoms with Crippen molar-refractivity contribution < 1.29 is 56.9 Å². The van der Waals surface area contributed by atoms with Gasteiger partial charge in [-0.15, -0.1) is 0 Å². The Morgan fingerprint density at radius 3 is 0.869 bits per heavy atom. The lowest BCUT2D eigenvalue weighted by molar-refractivity contribution is -0.811. The van der Waals surface area contributed by atoms with Crippen LogP contribution in [-0.4, -0.2) is 67.2 Å². The van der Waals surface area contributed by atoms with Gasteiger partial charge in [0.1, 0.15) is 48.8 Å². The largest absolute Gasteiger partial charge is 0.374 e.